The SMILES string of the molecule is O=C(NC(O)[C@H](O)[C@@H](O)[C@H](O)[C@H](O)CO)c1ccc(C(=O)NC(O)[C@H](O)[C@@H](O)[C@H](O)[C@H](O)CO)cc1. The van der Waals surface area contributed by atoms with Gasteiger partial charge in [0.2, 0.25) is 0 Å². The number of aliphatic hydroxyl groups is 12. The van der Waals surface area contributed by atoms with Crippen molar-refractivity contribution in [1.29, 1.82) is 0 Å². The van der Waals surface area contributed by atoms with Gasteiger partial charge in [0.25, 0.3) is 11.8 Å². The van der Waals surface area contributed by atoms with Crippen LogP contribution in [0, 0.1) is 0 Å². The maximum atomic E-state index is 12.2. The average molecular weight is 524 g/mol. The molecular formula is C20H32N2O14. The molecule has 14 N–H and O–H groups in total. The van der Waals surface area contributed by atoms with E-state index in [9.17, 15) is 60.7 Å². The standard InChI is InChI=1S/C20H32N2O14/c23-5-9(25)11(27)13(29)15(31)19(35)21-17(33)7-1-2-8(4-3-7)18(34)22-20(36)16(32)14(30)12(28)10(26)6-24/h1-4,9-16,19-20,23-32,35-36H,5-6H2,(H,21,33)(H,22,34)/t9-,10-,11-,12-,13+,14+,15-,16-,19?,20?/m1/s1. The lowest BCUT2D eigenvalue weighted by atomic mass is 10.0. The lowest BCUT2D eigenvalue weighted by molar-refractivity contribution is -0.143. The van der Waals surface area contributed by atoms with Crippen LogP contribution in [0.3, 0.4) is 0 Å². The minimum atomic E-state index is -2.16. The van der Waals surface area contributed by atoms with E-state index in [0.29, 0.717) is 0 Å². The van der Waals surface area contributed by atoms with Crippen LogP contribution in [0.4, 0.5) is 0 Å². The van der Waals surface area contributed by atoms with Crippen LogP contribution in [0.2, 0.25) is 0 Å². The molecule has 206 valence electrons. The normalized spacial score (nSPS) is 20.1. The van der Waals surface area contributed by atoms with Crippen molar-refractivity contribution in [3.8, 4) is 0 Å². The predicted octanol–water partition coefficient (Wildman–Crippen LogP) is -7.35. The molecule has 0 saturated heterocycles. The molecule has 0 aliphatic carbocycles. The van der Waals surface area contributed by atoms with Crippen molar-refractivity contribution < 1.29 is 70.9 Å². The van der Waals surface area contributed by atoms with Gasteiger partial charge < -0.3 is 71.9 Å². The van der Waals surface area contributed by atoms with E-state index in [2.05, 4.69) is 0 Å². The molecule has 0 heterocycles. The molecule has 1 rings (SSSR count). The summed E-state index contributed by atoms with van der Waals surface area (Å²) in [6.07, 6.45) is -20.5. The maximum Gasteiger partial charge on any atom is 0.253 e. The molecule has 36 heavy (non-hydrogen) atoms. The van der Waals surface area contributed by atoms with E-state index in [4.69, 9.17) is 10.2 Å². The summed E-state index contributed by atoms with van der Waals surface area (Å²) < 4.78 is 0. The predicted molar refractivity (Wildman–Crippen MR) is 116 cm³/mol. The molecule has 0 saturated carbocycles. The van der Waals surface area contributed by atoms with Crippen LogP contribution in [0.25, 0.3) is 0 Å². The first-order chi connectivity index (χ1) is 16.8. The molecule has 1 aromatic carbocycles. The van der Waals surface area contributed by atoms with Crippen molar-refractivity contribution in [2.24, 2.45) is 0 Å². The topological polar surface area (TPSA) is 301 Å². The summed E-state index contributed by atoms with van der Waals surface area (Å²) in [5, 5.41) is 118. The van der Waals surface area contributed by atoms with E-state index in [1.54, 1.807) is 0 Å². The maximum absolute atomic E-state index is 12.2. The van der Waals surface area contributed by atoms with E-state index in [-0.39, 0.29) is 11.1 Å². The smallest absolute Gasteiger partial charge is 0.253 e. The number of benzene rings is 1. The van der Waals surface area contributed by atoms with E-state index in [1.165, 1.54) is 0 Å². The van der Waals surface area contributed by atoms with Crippen LogP contribution in [0.1, 0.15) is 20.7 Å². The van der Waals surface area contributed by atoms with Crippen molar-refractivity contribution >= 4 is 11.8 Å². The summed E-state index contributed by atoms with van der Waals surface area (Å²) in [4.78, 5) is 24.5. The monoisotopic (exact) mass is 524 g/mol. The van der Waals surface area contributed by atoms with Gasteiger partial charge in [-0.25, -0.2) is 0 Å². The van der Waals surface area contributed by atoms with Gasteiger partial charge in [-0.2, -0.15) is 0 Å². The Kier molecular flexibility index (Phi) is 12.7. The molecule has 1 aromatic rings. The zero-order valence-electron chi connectivity index (χ0n) is 18.7. The van der Waals surface area contributed by atoms with Crippen LogP contribution in [-0.2, 0) is 0 Å². The highest BCUT2D eigenvalue weighted by Crippen LogP contribution is 2.11. The van der Waals surface area contributed by atoms with Crippen molar-refractivity contribution in [3.05, 3.63) is 35.4 Å². The van der Waals surface area contributed by atoms with E-state index >= 15 is 0 Å². The third-order valence-corrected chi connectivity index (χ3v) is 5.18. The Morgan fingerprint density at radius 2 is 0.806 bits per heavy atom. The molecule has 2 unspecified atom stereocenters. The van der Waals surface area contributed by atoms with E-state index in [1.807, 2.05) is 10.6 Å². The average Bonchev–Trinajstić information content (AvgIpc) is 2.89. The molecule has 10 atom stereocenters. The van der Waals surface area contributed by atoms with Gasteiger partial charge in [-0.15, -0.1) is 0 Å². The zero-order valence-corrected chi connectivity index (χ0v) is 18.7. The number of amides is 2. The minimum Gasteiger partial charge on any atom is -0.394 e. The molecule has 0 bridgehead atoms. The summed E-state index contributed by atoms with van der Waals surface area (Å²) >= 11 is 0. The largest absolute Gasteiger partial charge is 0.394 e. The van der Waals surface area contributed by atoms with Crippen molar-refractivity contribution in [1.82, 2.24) is 10.6 Å². The van der Waals surface area contributed by atoms with Crippen LogP contribution in [-0.4, -0.2) is 148 Å². The third kappa shape index (κ3) is 8.37. The van der Waals surface area contributed by atoms with Crippen LogP contribution in [0.15, 0.2) is 24.3 Å². The molecule has 16 nitrogen and oxygen atoms in total. The molecule has 0 aliphatic rings. The summed E-state index contributed by atoms with van der Waals surface area (Å²) in [6.45, 7) is -1.89. The van der Waals surface area contributed by atoms with Crippen LogP contribution in [0.5, 0.6) is 0 Å². The second-order valence-corrected chi connectivity index (χ2v) is 7.86. The number of aliphatic hydroxyl groups excluding tert-OH is 12. The second kappa shape index (κ2) is 14.4. The molecule has 0 aromatic heterocycles. The Bertz CT molecular complexity index is 760. The van der Waals surface area contributed by atoms with Gasteiger partial charge in [0.15, 0.2) is 12.5 Å². The van der Waals surface area contributed by atoms with Gasteiger partial charge in [-0.3, -0.25) is 9.59 Å². The Labute approximate surface area is 203 Å². The van der Waals surface area contributed by atoms with Crippen LogP contribution < -0.4 is 10.6 Å². The fourth-order valence-corrected chi connectivity index (χ4v) is 2.83. The quantitative estimate of drug-likeness (QED) is 0.101. The number of hydrogen-bond acceptors (Lipinski definition) is 14. The van der Waals surface area contributed by atoms with Crippen molar-refractivity contribution in [2.45, 2.75) is 61.3 Å². The fourth-order valence-electron chi connectivity index (χ4n) is 2.83. The number of rotatable bonds is 14. The van der Waals surface area contributed by atoms with Gasteiger partial charge >= 0.3 is 0 Å². The Hall–Kier alpha value is -2.32. The van der Waals surface area contributed by atoms with Crippen LogP contribution >= 0.6 is 0 Å². The van der Waals surface area contributed by atoms with Gasteiger partial charge in [0.1, 0.15) is 48.8 Å². The molecular weight excluding hydrogens is 492 g/mol. The van der Waals surface area contributed by atoms with Crippen molar-refractivity contribution in [3.63, 3.8) is 0 Å². The molecule has 0 spiro atoms. The summed E-state index contributed by atoms with van der Waals surface area (Å²) in [6, 6.07) is 4.35. The summed E-state index contributed by atoms with van der Waals surface area (Å²) in [5.74, 6) is -1.99. The highest BCUT2D eigenvalue weighted by Gasteiger charge is 2.36. The third-order valence-electron chi connectivity index (χ3n) is 5.18. The Morgan fingerprint density at radius 1 is 0.528 bits per heavy atom. The Morgan fingerprint density at radius 3 is 1.06 bits per heavy atom. The first kappa shape index (κ1) is 31.7. The summed E-state index contributed by atoms with van der Waals surface area (Å²) in [5.41, 5.74) is -0.305. The number of nitrogens with one attached hydrogen (secondary N) is 2. The lowest BCUT2D eigenvalue weighted by Gasteiger charge is -2.28. The summed E-state index contributed by atoms with van der Waals surface area (Å²) in [7, 11) is 0. The molecule has 16 heteroatoms. The number of carbonyl (C=O) groups is 2. The highest BCUT2D eigenvalue weighted by molar-refractivity contribution is 5.97. The number of carbonyl (C=O) groups excluding carboxylic acids is 2. The minimum absolute atomic E-state index is 0.152. The molecule has 0 fully saturated rings. The zero-order chi connectivity index (χ0) is 27.7. The number of hydrogen-bond donors (Lipinski definition) is 14. The lowest BCUT2D eigenvalue weighted by Crippen LogP contribution is -2.54. The van der Waals surface area contributed by atoms with E-state index in [0.717, 1.165) is 24.3 Å². The molecule has 2 amide bonds. The van der Waals surface area contributed by atoms with Crippen molar-refractivity contribution in [2.75, 3.05) is 13.2 Å². The van der Waals surface area contributed by atoms with Gasteiger partial charge in [-0.1, -0.05) is 0 Å². The second-order valence-electron chi connectivity index (χ2n) is 7.86. The van der Waals surface area contributed by atoms with Gasteiger partial charge in [-0.05, 0) is 24.3 Å². The fraction of sp³-hybridized carbons (Fsp3) is 0.600. The van der Waals surface area contributed by atoms with Gasteiger partial charge in [0.05, 0.1) is 13.2 Å². The first-order valence-corrected chi connectivity index (χ1v) is 10.5. The van der Waals surface area contributed by atoms with E-state index < -0.39 is 86.3 Å². The Balaban J connectivity index is 2.74. The van der Waals surface area contributed by atoms with Gasteiger partial charge in [0, 0.05) is 11.1 Å². The molecule has 0 radical (unpaired) electrons. The highest BCUT2D eigenvalue weighted by atomic mass is 16.4. The molecule has 0 aliphatic heterocycles. The first-order valence-electron chi connectivity index (χ1n) is 10.5.